The van der Waals surface area contributed by atoms with Gasteiger partial charge >= 0.3 is 0 Å². The summed E-state index contributed by atoms with van der Waals surface area (Å²) >= 11 is 1.45. The summed E-state index contributed by atoms with van der Waals surface area (Å²) < 4.78 is 6.36. The van der Waals surface area contributed by atoms with Crippen LogP contribution in [0.15, 0.2) is 35.7 Å². The molecule has 2 aromatic heterocycles. The number of para-hydroxylation sites is 1. The molecule has 6 heteroatoms. The molecule has 0 unspecified atom stereocenters. The van der Waals surface area contributed by atoms with Gasteiger partial charge in [-0.05, 0) is 30.5 Å². The van der Waals surface area contributed by atoms with Crippen LogP contribution in [0, 0.1) is 0 Å². The molecule has 0 saturated heterocycles. The van der Waals surface area contributed by atoms with Crippen LogP contribution in [0.25, 0.3) is 21.3 Å². The van der Waals surface area contributed by atoms with Gasteiger partial charge in [-0.2, -0.15) is 0 Å². The molecule has 0 radical (unpaired) electrons. The lowest BCUT2D eigenvalue weighted by atomic mass is 10.1. The van der Waals surface area contributed by atoms with Crippen LogP contribution in [-0.4, -0.2) is 16.7 Å². The summed E-state index contributed by atoms with van der Waals surface area (Å²) in [5.74, 6) is 6.91. The predicted octanol–water partition coefficient (Wildman–Crippen LogP) is 3.35. The van der Waals surface area contributed by atoms with E-state index in [1.807, 2.05) is 42.6 Å². The van der Waals surface area contributed by atoms with Crippen LogP contribution in [0.3, 0.4) is 0 Å². The molecule has 1 aromatic carbocycles. The number of fused-ring (bicyclic) bond motifs is 1. The molecule has 3 aromatic rings. The summed E-state index contributed by atoms with van der Waals surface area (Å²) in [7, 11) is 0. The summed E-state index contributed by atoms with van der Waals surface area (Å²) in [4.78, 5) is 4.44. The van der Waals surface area contributed by atoms with Crippen LogP contribution >= 0.6 is 11.3 Å². The predicted molar refractivity (Wildman–Crippen MR) is 85.7 cm³/mol. The average molecular weight is 301 g/mol. The highest BCUT2D eigenvalue weighted by Gasteiger charge is 2.18. The van der Waals surface area contributed by atoms with E-state index < -0.39 is 0 Å². The molecule has 0 amide bonds. The maximum Gasteiger partial charge on any atom is 0.160 e. The van der Waals surface area contributed by atoms with Crippen molar-refractivity contribution in [3.05, 3.63) is 35.7 Å². The maximum absolute atomic E-state index is 10.5. The molecule has 0 aliphatic rings. The molecule has 108 valence electrons. The molecule has 0 aliphatic heterocycles. The van der Waals surface area contributed by atoms with Crippen LogP contribution in [-0.2, 0) is 0 Å². The Bertz CT molecular complexity index is 786. The largest absolute Gasteiger partial charge is 0.504 e. The van der Waals surface area contributed by atoms with E-state index in [0.717, 1.165) is 15.6 Å². The zero-order chi connectivity index (χ0) is 14.8. The van der Waals surface area contributed by atoms with Gasteiger partial charge in [0.25, 0.3) is 0 Å². The monoisotopic (exact) mass is 301 g/mol. The Morgan fingerprint density at radius 3 is 2.90 bits per heavy atom. The molecule has 5 nitrogen and oxygen atoms in total. The Morgan fingerprint density at radius 1 is 1.33 bits per heavy atom. The number of hydrazine groups is 1. The van der Waals surface area contributed by atoms with Gasteiger partial charge in [-0.3, -0.25) is 0 Å². The highest BCUT2D eigenvalue weighted by atomic mass is 32.1. The number of nitrogens with zero attached hydrogens (tertiary/aromatic N) is 1. The number of pyridine rings is 1. The zero-order valence-electron chi connectivity index (χ0n) is 11.5. The first-order chi connectivity index (χ1) is 10.3. The number of rotatable bonds is 4. The van der Waals surface area contributed by atoms with Gasteiger partial charge in [-0.15, -0.1) is 11.3 Å². The van der Waals surface area contributed by atoms with Crippen molar-refractivity contribution < 1.29 is 9.84 Å². The van der Waals surface area contributed by atoms with Crippen LogP contribution < -0.4 is 16.0 Å². The smallest absolute Gasteiger partial charge is 0.160 e. The minimum Gasteiger partial charge on any atom is -0.504 e. The number of aromatic nitrogens is 1. The van der Waals surface area contributed by atoms with Crippen LogP contribution in [0.1, 0.15) is 6.92 Å². The van der Waals surface area contributed by atoms with Crippen molar-refractivity contribution in [3.63, 3.8) is 0 Å². The number of anilines is 1. The van der Waals surface area contributed by atoms with Crippen LogP contribution in [0.5, 0.6) is 11.5 Å². The molecule has 0 fully saturated rings. The van der Waals surface area contributed by atoms with Crippen molar-refractivity contribution in [3.8, 4) is 22.8 Å². The second-order valence-corrected chi connectivity index (χ2v) is 5.31. The summed E-state index contributed by atoms with van der Waals surface area (Å²) in [5, 5.41) is 13.2. The van der Waals surface area contributed by atoms with Gasteiger partial charge in [0.2, 0.25) is 0 Å². The van der Waals surface area contributed by atoms with Crippen LogP contribution in [0.4, 0.5) is 5.82 Å². The van der Waals surface area contributed by atoms with Crippen molar-refractivity contribution >= 4 is 27.2 Å². The molecule has 0 saturated carbocycles. The van der Waals surface area contributed by atoms with Crippen LogP contribution in [0.2, 0.25) is 0 Å². The molecule has 0 spiro atoms. The number of nitrogen functional groups attached to an aromatic ring is 1. The molecule has 21 heavy (non-hydrogen) atoms. The number of benzene rings is 1. The summed E-state index contributed by atoms with van der Waals surface area (Å²) in [6.45, 7) is 2.46. The lowest BCUT2D eigenvalue weighted by Crippen LogP contribution is -2.09. The van der Waals surface area contributed by atoms with E-state index in [0.29, 0.717) is 23.9 Å². The Morgan fingerprint density at radius 2 is 2.14 bits per heavy atom. The number of nitrogens with two attached hydrogens (primary N) is 1. The fraction of sp³-hybridized carbons (Fsp3) is 0.133. The van der Waals surface area contributed by atoms with Gasteiger partial charge in [0, 0.05) is 10.9 Å². The van der Waals surface area contributed by atoms with E-state index >= 15 is 0 Å². The number of ether oxygens (including phenoxy) is 1. The van der Waals surface area contributed by atoms with Crippen molar-refractivity contribution in [1.29, 1.82) is 0 Å². The molecule has 2 heterocycles. The first kappa shape index (κ1) is 13.7. The van der Waals surface area contributed by atoms with E-state index in [1.54, 1.807) is 0 Å². The van der Waals surface area contributed by atoms with Gasteiger partial charge in [0.1, 0.15) is 17.3 Å². The Hall–Kier alpha value is -2.31. The van der Waals surface area contributed by atoms with Crippen molar-refractivity contribution in [2.45, 2.75) is 6.92 Å². The quantitative estimate of drug-likeness (QED) is 0.508. The van der Waals surface area contributed by atoms with Gasteiger partial charge in [0.15, 0.2) is 5.75 Å². The number of thiophene rings is 1. The Labute approximate surface area is 126 Å². The number of nitrogens with one attached hydrogen (secondary N) is 1. The van der Waals surface area contributed by atoms with Crippen molar-refractivity contribution in [2.75, 3.05) is 12.0 Å². The van der Waals surface area contributed by atoms with E-state index in [1.165, 1.54) is 11.3 Å². The standard InChI is InChI=1S/C15H15N3O2S/c1-2-20-11-6-4-3-5-9(11)12-13(19)14-10(7-8-21-14)15(17-12)18-16/h3-8,19H,2,16H2,1H3,(H,17,18). The highest BCUT2D eigenvalue weighted by molar-refractivity contribution is 7.17. The Balaban J connectivity index is 2.27. The molecular weight excluding hydrogens is 286 g/mol. The third-order valence-electron chi connectivity index (χ3n) is 3.16. The minimum absolute atomic E-state index is 0.145. The van der Waals surface area contributed by atoms with Gasteiger partial charge in [-0.1, -0.05) is 12.1 Å². The summed E-state index contributed by atoms with van der Waals surface area (Å²) in [6.07, 6.45) is 0. The van der Waals surface area contributed by atoms with Crippen molar-refractivity contribution in [2.24, 2.45) is 5.84 Å². The number of hydrogen-bond donors (Lipinski definition) is 3. The van der Waals surface area contributed by atoms with Gasteiger partial charge in [-0.25, -0.2) is 10.8 Å². The third kappa shape index (κ3) is 2.28. The molecule has 0 aliphatic carbocycles. The molecule has 0 atom stereocenters. The molecule has 0 bridgehead atoms. The minimum atomic E-state index is 0.145. The van der Waals surface area contributed by atoms with Gasteiger partial charge in [0.05, 0.1) is 11.3 Å². The third-order valence-corrected chi connectivity index (χ3v) is 4.08. The lowest BCUT2D eigenvalue weighted by Gasteiger charge is -2.13. The highest BCUT2D eigenvalue weighted by Crippen LogP contribution is 2.42. The molecule has 3 rings (SSSR count). The van der Waals surface area contributed by atoms with Gasteiger partial charge < -0.3 is 15.3 Å². The topological polar surface area (TPSA) is 80.4 Å². The zero-order valence-corrected chi connectivity index (χ0v) is 12.3. The number of aromatic hydroxyl groups is 1. The summed E-state index contributed by atoms with van der Waals surface area (Å²) in [5.41, 5.74) is 3.79. The van der Waals surface area contributed by atoms with E-state index in [4.69, 9.17) is 10.6 Å². The Kier molecular flexibility index (Phi) is 3.64. The first-order valence-electron chi connectivity index (χ1n) is 6.55. The fourth-order valence-electron chi connectivity index (χ4n) is 2.25. The normalized spacial score (nSPS) is 10.8. The van der Waals surface area contributed by atoms with Crippen molar-refractivity contribution in [1.82, 2.24) is 4.98 Å². The van der Waals surface area contributed by atoms with E-state index in [2.05, 4.69) is 10.4 Å². The SMILES string of the molecule is CCOc1ccccc1-c1nc(NN)c2ccsc2c1O. The first-order valence-corrected chi connectivity index (χ1v) is 7.43. The lowest BCUT2D eigenvalue weighted by molar-refractivity contribution is 0.341. The number of hydrogen-bond acceptors (Lipinski definition) is 6. The maximum atomic E-state index is 10.5. The fourth-order valence-corrected chi connectivity index (χ4v) is 3.09. The summed E-state index contributed by atoms with van der Waals surface area (Å²) in [6, 6.07) is 9.37. The molecule has 4 N–H and O–H groups in total. The average Bonchev–Trinajstić information content (AvgIpc) is 2.99. The second-order valence-electron chi connectivity index (χ2n) is 4.39. The molecular formula is C15H15N3O2S. The van der Waals surface area contributed by atoms with E-state index in [-0.39, 0.29) is 5.75 Å². The van der Waals surface area contributed by atoms with E-state index in [9.17, 15) is 5.11 Å². The second kappa shape index (κ2) is 5.59.